The summed E-state index contributed by atoms with van der Waals surface area (Å²) in [5.74, 6) is 0.665. The van der Waals surface area contributed by atoms with E-state index in [9.17, 15) is 0 Å². The molecule has 0 saturated carbocycles. The zero-order valence-electron chi connectivity index (χ0n) is 11.8. The summed E-state index contributed by atoms with van der Waals surface area (Å²) in [7, 11) is 1.69. The van der Waals surface area contributed by atoms with Gasteiger partial charge in [0.05, 0.1) is 19.5 Å². The highest BCUT2D eigenvalue weighted by Crippen LogP contribution is 2.24. The van der Waals surface area contributed by atoms with Gasteiger partial charge in [0.1, 0.15) is 0 Å². The predicted octanol–water partition coefficient (Wildman–Crippen LogP) is 1.40. The number of hydrogen-bond donors (Lipinski definition) is 1. The summed E-state index contributed by atoms with van der Waals surface area (Å²) >= 11 is 0. The monoisotopic (exact) mass is 267 g/mol. The summed E-state index contributed by atoms with van der Waals surface area (Å²) in [6, 6.07) is 0. The summed E-state index contributed by atoms with van der Waals surface area (Å²) in [5, 5.41) is 3.41. The third kappa shape index (κ3) is 4.60. The molecular weight excluding hydrogens is 242 g/mol. The molecule has 0 radical (unpaired) electrons. The van der Waals surface area contributed by atoms with E-state index < -0.39 is 0 Å². The van der Waals surface area contributed by atoms with Gasteiger partial charge in [-0.3, -0.25) is 0 Å². The molecule has 19 heavy (non-hydrogen) atoms. The molecule has 5 nitrogen and oxygen atoms in total. The normalized spacial score (nSPS) is 16.9. The first-order valence-corrected chi connectivity index (χ1v) is 7.19. The van der Waals surface area contributed by atoms with Crippen LogP contribution in [0.2, 0.25) is 0 Å². The van der Waals surface area contributed by atoms with Crippen molar-refractivity contribution in [1.29, 1.82) is 0 Å². The van der Waals surface area contributed by atoms with Crippen molar-refractivity contribution < 1.29 is 9.47 Å². The van der Waals surface area contributed by atoms with Gasteiger partial charge in [-0.25, -0.2) is 4.98 Å². The molecule has 0 spiro atoms. The Kier molecular flexibility index (Phi) is 6.33. The predicted molar refractivity (Wildman–Crippen MR) is 74.4 cm³/mol. The first-order valence-electron chi connectivity index (χ1n) is 7.19. The van der Waals surface area contributed by atoms with Crippen molar-refractivity contribution in [3.05, 3.63) is 18.2 Å². The Labute approximate surface area is 115 Å². The molecular formula is C14H25N3O2. The van der Waals surface area contributed by atoms with E-state index in [0.29, 0.717) is 19.1 Å². The third-order valence-electron chi connectivity index (χ3n) is 3.62. The Balaban J connectivity index is 1.73. The van der Waals surface area contributed by atoms with E-state index in [0.717, 1.165) is 32.7 Å². The van der Waals surface area contributed by atoms with Gasteiger partial charge in [-0.1, -0.05) is 0 Å². The van der Waals surface area contributed by atoms with E-state index in [1.165, 1.54) is 18.5 Å². The van der Waals surface area contributed by atoms with Gasteiger partial charge in [-0.2, -0.15) is 0 Å². The molecule has 0 bridgehead atoms. The number of aryl methyl sites for hydroxylation is 1. The number of imidazole rings is 1. The van der Waals surface area contributed by atoms with E-state index in [-0.39, 0.29) is 0 Å². The first kappa shape index (κ1) is 14.5. The summed E-state index contributed by atoms with van der Waals surface area (Å²) in [4.78, 5) is 4.31. The fourth-order valence-electron chi connectivity index (χ4n) is 2.56. The largest absolute Gasteiger partial charge is 0.382 e. The lowest BCUT2D eigenvalue weighted by atomic mass is 9.95. The summed E-state index contributed by atoms with van der Waals surface area (Å²) < 4.78 is 12.7. The standard InChI is InChI=1S/C14H25N3O2/c1-18-9-10-19-8-2-7-17-12-16-11-14(17)13-3-5-15-6-4-13/h11-13,15H,2-10H2,1H3. The van der Waals surface area contributed by atoms with Crippen molar-refractivity contribution in [2.24, 2.45) is 0 Å². The molecule has 1 fully saturated rings. The number of ether oxygens (including phenoxy) is 2. The number of nitrogens with one attached hydrogen (secondary N) is 1. The van der Waals surface area contributed by atoms with Crippen LogP contribution in [-0.2, 0) is 16.0 Å². The van der Waals surface area contributed by atoms with Gasteiger partial charge in [0.15, 0.2) is 0 Å². The van der Waals surface area contributed by atoms with Crippen LogP contribution in [-0.4, -0.2) is 49.6 Å². The number of nitrogens with zero attached hydrogens (tertiary/aromatic N) is 2. The molecule has 108 valence electrons. The second-order valence-corrected chi connectivity index (χ2v) is 4.99. The van der Waals surface area contributed by atoms with Crippen molar-refractivity contribution in [1.82, 2.24) is 14.9 Å². The molecule has 5 heteroatoms. The van der Waals surface area contributed by atoms with Gasteiger partial charge in [-0.05, 0) is 32.4 Å². The molecule has 0 unspecified atom stereocenters. The number of methoxy groups -OCH3 is 1. The summed E-state index contributed by atoms with van der Waals surface area (Å²) in [6.07, 6.45) is 7.44. The first-order chi connectivity index (χ1) is 9.42. The molecule has 1 N–H and O–H groups in total. The van der Waals surface area contributed by atoms with Crippen LogP contribution in [0.5, 0.6) is 0 Å². The fraction of sp³-hybridized carbons (Fsp3) is 0.786. The van der Waals surface area contributed by atoms with Crippen LogP contribution in [0.25, 0.3) is 0 Å². The highest BCUT2D eigenvalue weighted by atomic mass is 16.5. The highest BCUT2D eigenvalue weighted by Gasteiger charge is 2.18. The summed E-state index contributed by atoms with van der Waals surface area (Å²) in [5.41, 5.74) is 1.39. The maximum Gasteiger partial charge on any atom is 0.0948 e. The average Bonchev–Trinajstić information content (AvgIpc) is 2.92. The Morgan fingerprint density at radius 1 is 1.32 bits per heavy atom. The van der Waals surface area contributed by atoms with Crippen molar-refractivity contribution in [3.8, 4) is 0 Å². The van der Waals surface area contributed by atoms with Crippen LogP contribution in [0.3, 0.4) is 0 Å². The number of hydrogen-bond acceptors (Lipinski definition) is 4. The highest BCUT2D eigenvalue weighted by molar-refractivity contribution is 5.07. The molecule has 0 atom stereocenters. The maximum absolute atomic E-state index is 5.49. The van der Waals surface area contributed by atoms with Crippen LogP contribution >= 0.6 is 0 Å². The Bertz CT molecular complexity index is 348. The van der Waals surface area contributed by atoms with Crippen molar-refractivity contribution in [3.63, 3.8) is 0 Å². The topological polar surface area (TPSA) is 48.3 Å². The van der Waals surface area contributed by atoms with E-state index in [1.807, 2.05) is 12.5 Å². The number of aromatic nitrogens is 2. The van der Waals surface area contributed by atoms with Crippen LogP contribution in [0.1, 0.15) is 30.9 Å². The van der Waals surface area contributed by atoms with Crippen LogP contribution < -0.4 is 5.32 Å². The van der Waals surface area contributed by atoms with Crippen molar-refractivity contribution in [2.45, 2.75) is 31.7 Å². The van der Waals surface area contributed by atoms with Gasteiger partial charge in [0, 0.05) is 38.1 Å². The molecule has 2 rings (SSSR count). The van der Waals surface area contributed by atoms with E-state index >= 15 is 0 Å². The minimum atomic E-state index is 0.665. The van der Waals surface area contributed by atoms with Crippen LogP contribution in [0.4, 0.5) is 0 Å². The van der Waals surface area contributed by atoms with Gasteiger partial charge < -0.3 is 19.4 Å². The Hall–Kier alpha value is -0.910. The molecule has 1 aliphatic heterocycles. The average molecular weight is 267 g/mol. The molecule has 2 heterocycles. The minimum Gasteiger partial charge on any atom is -0.382 e. The minimum absolute atomic E-state index is 0.665. The Morgan fingerprint density at radius 2 is 2.16 bits per heavy atom. The zero-order chi connectivity index (χ0) is 13.3. The Morgan fingerprint density at radius 3 is 2.95 bits per heavy atom. The van der Waals surface area contributed by atoms with Crippen LogP contribution in [0.15, 0.2) is 12.5 Å². The second-order valence-electron chi connectivity index (χ2n) is 4.99. The third-order valence-corrected chi connectivity index (χ3v) is 3.62. The van der Waals surface area contributed by atoms with Gasteiger partial charge in [0.2, 0.25) is 0 Å². The van der Waals surface area contributed by atoms with Gasteiger partial charge >= 0.3 is 0 Å². The molecule has 1 aliphatic rings. The fourth-order valence-corrected chi connectivity index (χ4v) is 2.56. The quantitative estimate of drug-likeness (QED) is 0.723. The zero-order valence-corrected chi connectivity index (χ0v) is 11.8. The lowest BCUT2D eigenvalue weighted by molar-refractivity contribution is 0.0679. The maximum atomic E-state index is 5.49. The lowest BCUT2D eigenvalue weighted by Crippen LogP contribution is -2.27. The number of piperidine rings is 1. The lowest BCUT2D eigenvalue weighted by Gasteiger charge is -2.23. The molecule has 1 saturated heterocycles. The molecule has 0 aromatic carbocycles. The van der Waals surface area contributed by atoms with E-state index in [4.69, 9.17) is 9.47 Å². The van der Waals surface area contributed by atoms with Crippen molar-refractivity contribution >= 4 is 0 Å². The second kappa shape index (κ2) is 8.30. The van der Waals surface area contributed by atoms with Gasteiger partial charge in [0.25, 0.3) is 0 Å². The molecule has 0 amide bonds. The molecule has 1 aromatic rings. The van der Waals surface area contributed by atoms with Crippen molar-refractivity contribution in [2.75, 3.05) is 40.0 Å². The molecule has 0 aliphatic carbocycles. The van der Waals surface area contributed by atoms with Crippen LogP contribution in [0, 0.1) is 0 Å². The SMILES string of the molecule is COCCOCCCn1cncc1C1CCNCC1. The van der Waals surface area contributed by atoms with E-state index in [1.54, 1.807) is 7.11 Å². The van der Waals surface area contributed by atoms with Gasteiger partial charge in [-0.15, -0.1) is 0 Å². The van der Waals surface area contributed by atoms with E-state index in [2.05, 4.69) is 14.9 Å². The molecule has 1 aromatic heterocycles. The summed E-state index contributed by atoms with van der Waals surface area (Å²) in [6.45, 7) is 5.37. The number of rotatable bonds is 8. The smallest absolute Gasteiger partial charge is 0.0948 e.